The Morgan fingerprint density at radius 1 is 1.27 bits per heavy atom. The van der Waals surface area contributed by atoms with E-state index in [1.54, 1.807) is 29.0 Å². The molecule has 3 rings (SSSR count). The van der Waals surface area contributed by atoms with E-state index in [0.717, 1.165) is 31.4 Å². The van der Waals surface area contributed by atoms with Gasteiger partial charge in [0.15, 0.2) is 0 Å². The molecule has 22 heavy (non-hydrogen) atoms. The minimum atomic E-state index is -3.39. The van der Waals surface area contributed by atoms with Gasteiger partial charge in [-0.3, -0.25) is 0 Å². The average Bonchev–Trinajstić information content (AvgIpc) is 3.17. The summed E-state index contributed by atoms with van der Waals surface area (Å²) in [5.74, 6) is 0. The van der Waals surface area contributed by atoms with Crippen molar-refractivity contribution in [2.45, 2.75) is 43.7 Å². The molecule has 1 aromatic carbocycles. The second-order valence-electron chi connectivity index (χ2n) is 5.81. The first kappa shape index (κ1) is 15.2. The van der Waals surface area contributed by atoms with Gasteiger partial charge in [0.05, 0.1) is 11.2 Å². The predicted octanol–water partition coefficient (Wildman–Crippen LogP) is 2.43. The van der Waals surface area contributed by atoms with E-state index in [2.05, 4.69) is 4.98 Å². The molecule has 1 unspecified atom stereocenters. The van der Waals surface area contributed by atoms with Crippen molar-refractivity contribution in [3.8, 4) is 0 Å². The highest BCUT2D eigenvalue weighted by Gasteiger charge is 2.34. The summed E-state index contributed by atoms with van der Waals surface area (Å²) in [5.41, 5.74) is 1.07. The normalized spacial score (nSPS) is 19.6. The fourth-order valence-electron chi connectivity index (χ4n) is 2.98. The Balaban J connectivity index is 1.75. The van der Waals surface area contributed by atoms with Crippen LogP contribution in [0.25, 0.3) is 0 Å². The maximum Gasteiger partial charge on any atom is 0.243 e. The lowest BCUT2D eigenvalue weighted by Crippen LogP contribution is -2.36. The van der Waals surface area contributed by atoms with Crippen LogP contribution in [0.5, 0.6) is 0 Å². The topological polar surface area (TPSA) is 55.2 Å². The van der Waals surface area contributed by atoms with E-state index in [-0.39, 0.29) is 6.04 Å². The van der Waals surface area contributed by atoms with Crippen LogP contribution in [0.15, 0.2) is 47.9 Å². The van der Waals surface area contributed by atoms with Crippen LogP contribution in [0, 0.1) is 6.92 Å². The molecule has 0 saturated carbocycles. The average molecular weight is 319 g/mol. The van der Waals surface area contributed by atoms with Gasteiger partial charge in [0.1, 0.15) is 0 Å². The molecule has 0 N–H and O–H groups in total. The minimum absolute atomic E-state index is 0.0775. The molecular formula is C16H21N3O2S. The summed E-state index contributed by atoms with van der Waals surface area (Å²) in [5, 5.41) is 0. The fourth-order valence-corrected chi connectivity index (χ4v) is 4.70. The van der Waals surface area contributed by atoms with Gasteiger partial charge in [0, 0.05) is 31.5 Å². The Bertz CT molecular complexity index is 708. The van der Waals surface area contributed by atoms with Crippen LogP contribution >= 0.6 is 0 Å². The Hall–Kier alpha value is -1.66. The lowest BCUT2D eigenvalue weighted by Gasteiger charge is -2.24. The van der Waals surface area contributed by atoms with Crippen LogP contribution in [0.3, 0.4) is 0 Å². The molecule has 2 aromatic rings. The molecule has 0 aliphatic carbocycles. The van der Waals surface area contributed by atoms with Gasteiger partial charge in [0.2, 0.25) is 10.0 Å². The second kappa shape index (κ2) is 6.22. The van der Waals surface area contributed by atoms with E-state index in [1.165, 1.54) is 0 Å². The van der Waals surface area contributed by atoms with Gasteiger partial charge in [-0.1, -0.05) is 17.7 Å². The Morgan fingerprint density at radius 3 is 2.73 bits per heavy atom. The summed E-state index contributed by atoms with van der Waals surface area (Å²) >= 11 is 0. The van der Waals surface area contributed by atoms with Crippen molar-refractivity contribution in [2.24, 2.45) is 0 Å². The zero-order chi connectivity index (χ0) is 15.6. The third-order valence-corrected chi connectivity index (χ3v) is 6.20. The largest absolute Gasteiger partial charge is 0.337 e. The summed E-state index contributed by atoms with van der Waals surface area (Å²) < 4.78 is 29.3. The molecule has 0 bridgehead atoms. The number of benzene rings is 1. The fraction of sp³-hybridized carbons (Fsp3) is 0.438. The molecule has 0 amide bonds. The van der Waals surface area contributed by atoms with Gasteiger partial charge in [-0.15, -0.1) is 0 Å². The number of sulfonamides is 1. The van der Waals surface area contributed by atoms with Crippen molar-refractivity contribution in [2.75, 3.05) is 6.54 Å². The molecule has 0 radical (unpaired) electrons. The molecule has 1 aliphatic heterocycles. The standard InChI is InChI=1S/C16H21N3O2S/c1-14-4-6-16(7-5-14)22(20,21)19-10-2-3-15(19)8-11-18-12-9-17-13-18/h4-7,9,12-13,15H,2-3,8,10-11H2,1H3. The molecular weight excluding hydrogens is 298 g/mol. The van der Waals surface area contributed by atoms with E-state index >= 15 is 0 Å². The predicted molar refractivity (Wildman–Crippen MR) is 84.9 cm³/mol. The summed E-state index contributed by atoms with van der Waals surface area (Å²) in [6, 6.07) is 7.19. The third-order valence-electron chi connectivity index (χ3n) is 4.23. The highest BCUT2D eigenvalue weighted by atomic mass is 32.2. The van der Waals surface area contributed by atoms with E-state index in [4.69, 9.17) is 0 Å². The van der Waals surface area contributed by atoms with Gasteiger partial charge < -0.3 is 4.57 Å². The number of nitrogens with zero attached hydrogens (tertiary/aromatic N) is 3. The minimum Gasteiger partial charge on any atom is -0.337 e. The number of imidazole rings is 1. The summed E-state index contributed by atoms with van der Waals surface area (Å²) in [6.45, 7) is 3.37. The molecule has 1 aromatic heterocycles. The Morgan fingerprint density at radius 2 is 2.05 bits per heavy atom. The smallest absolute Gasteiger partial charge is 0.243 e. The van der Waals surface area contributed by atoms with E-state index in [9.17, 15) is 8.42 Å². The van der Waals surface area contributed by atoms with Crippen LogP contribution in [0.4, 0.5) is 0 Å². The van der Waals surface area contributed by atoms with Crippen molar-refractivity contribution in [3.05, 3.63) is 48.5 Å². The molecule has 1 aliphatic rings. The molecule has 5 nitrogen and oxygen atoms in total. The van der Waals surface area contributed by atoms with E-state index < -0.39 is 10.0 Å². The van der Waals surface area contributed by atoms with Gasteiger partial charge in [-0.05, 0) is 38.3 Å². The highest BCUT2D eigenvalue weighted by Crippen LogP contribution is 2.28. The number of hydrogen-bond donors (Lipinski definition) is 0. The van der Waals surface area contributed by atoms with Crippen LogP contribution < -0.4 is 0 Å². The van der Waals surface area contributed by atoms with Crippen molar-refractivity contribution in [1.29, 1.82) is 0 Å². The quantitative estimate of drug-likeness (QED) is 0.850. The first-order valence-electron chi connectivity index (χ1n) is 7.61. The molecule has 1 atom stereocenters. The van der Waals surface area contributed by atoms with Crippen LogP contribution in [0.2, 0.25) is 0 Å². The number of rotatable bonds is 5. The zero-order valence-electron chi connectivity index (χ0n) is 12.7. The summed E-state index contributed by atoms with van der Waals surface area (Å²) in [7, 11) is -3.39. The molecule has 2 heterocycles. The monoisotopic (exact) mass is 319 g/mol. The first-order valence-corrected chi connectivity index (χ1v) is 9.05. The summed E-state index contributed by atoms with van der Waals surface area (Å²) in [6.07, 6.45) is 8.11. The highest BCUT2D eigenvalue weighted by molar-refractivity contribution is 7.89. The van der Waals surface area contributed by atoms with Crippen molar-refractivity contribution in [3.63, 3.8) is 0 Å². The van der Waals surface area contributed by atoms with Crippen LogP contribution in [0.1, 0.15) is 24.8 Å². The number of aromatic nitrogens is 2. The first-order chi connectivity index (χ1) is 10.6. The Labute approximate surface area is 131 Å². The number of aryl methyl sites for hydroxylation is 2. The van der Waals surface area contributed by atoms with E-state index in [1.807, 2.05) is 29.8 Å². The summed E-state index contributed by atoms with van der Waals surface area (Å²) in [4.78, 5) is 4.42. The Kier molecular flexibility index (Phi) is 4.31. The third kappa shape index (κ3) is 3.08. The SMILES string of the molecule is Cc1ccc(S(=O)(=O)N2CCCC2CCn2ccnc2)cc1. The maximum atomic E-state index is 12.8. The molecule has 1 saturated heterocycles. The molecule has 118 valence electrons. The van der Waals surface area contributed by atoms with Crippen molar-refractivity contribution < 1.29 is 8.42 Å². The molecule has 6 heteroatoms. The lowest BCUT2D eigenvalue weighted by atomic mass is 10.1. The number of hydrogen-bond acceptors (Lipinski definition) is 3. The lowest BCUT2D eigenvalue weighted by molar-refractivity contribution is 0.356. The van der Waals surface area contributed by atoms with E-state index in [0.29, 0.717) is 11.4 Å². The van der Waals surface area contributed by atoms with Crippen molar-refractivity contribution in [1.82, 2.24) is 13.9 Å². The second-order valence-corrected chi connectivity index (χ2v) is 7.70. The van der Waals surface area contributed by atoms with Gasteiger partial charge in [-0.25, -0.2) is 13.4 Å². The van der Waals surface area contributed by atoms with Gasteiger partial charge in [0.25, 0.3) is 0 Å². The molecule has 1 fully saturated rings. The molecule has 0 spiro atoms. The van der Waals surface area contributed by atoms with Gasteiger partial charge >= 0.3 is 0 Å². The maximum absolute atomic E-state index is 12.8. The van der Waals surface area contributed by atoms with Gasteiger partial charge in [-0.2, -0.15) is 4.31 Å². The zero-order valence-corrected chi connectivity index (χ0v) is 13.5. The van der Waals surface area contributed by atoms with Crippen molar-refractivity contribution >= 4 is 10.0 Å². The van der Waals surface area contributed by atoms with Crippen LogP contribution in [-0.4, -0.2) is 34.9 Å². The van der Waals surface area contributed by atoms with Crippen LogP contribution in [-0.2, 0) is 16.6 Å².